The number of rotatable bonds is 13. The highest BCUT2D eigenvalue weighted by Crippen LogP contribution is 2.52. The Morgan fingerprint density at radius 2 is 1.43 bits per heavy atom. The maximum Gasteiger partial charge on any atom is 0.356 e. The van der Waals surface area contributed by atoms with E-state index in [4.69, 9.17) is 9.16 Å². The third-order valence-electron chi connectivity index (χ3n) is 12.1. The molecule has 1 saturated carbocycles. The van der Waals surface area contributed by atoms with E-state index in [-0.39, 0.29) is 28.8 Å². The first-order valence-electron chi connectivity index (χ1n) is 19.6. The number of amides is 1. The van der Waals surface area contributed by atoms with Crippen molar-refractivity contribution in [2.45, 2.75) is 83.3 Å². The second kappa shape index (κ2) is 17.0. The first-order valence-corrected chi connectivity index (χ1v) is 24.3. The Hall–Kier alpha value is -4.40. The highest BCUT2D eigenvalue weighted by atomic mass is 31.2. The Morgan fingerprint density at radius 1 is 0.911 bits per heavy atom. The maximum absolute atomic E-state index is 15.4. The van der Waals surface area contributed by atoms with E-state index in [9.17, 15) is 9.90 Å². The lowest BCUT2D eigenvalue weighted by Gasteiger charge is -2.56. The number of ketones is 1. The van der Waals surface area contributed by atoms with Crippen LogP contribution in [0.15, 0.2) is 128 Å². The quantitative estimate of drug-likeness (QED) is 0.0503. The van der Waals surface area contributed by atoms with Gasteiger partial charge in [-0.3, -0.25) is 14.6 Å². The number of likely N-dealkylation sites (tertiary alicyclic amines) is 1. The van der Waals surface area contributed by atoms with Crippen LogP contribution >= 0.6 is 6.89 Å². The number of hydrogen-bond donors (Lipinski definition) is 1. The summed E-state index contributed by atoms with van der Waals surface area (Å²) < 4.78 is 13.0. The molecule has 6 atom stereocenters. The summed E-state index contributed by atoms with van der Waals surface area (Å²) in [6, 6.07) is 32.3. The number of aromatic nitrogens is 1. The fourth-order valence-electron chi connectivity index (χ4n) is 8.33. The zero-order chi connectivity index (χ0) is 40.3. The smallest absolute Gasteiger partial charge is 0.356 e. The molecule has 294 valence electrons. The molecule has 0 bridgehead atoms. The van der Waals surface area contributed by atoms with E-state index < -0.39 is 57.2 Å². The largest absolute Gasteiger partial charge is 0.457 e. The number of β-lactam (4-membered cyclic amide) rings is 1. The summed E-state index contributed by atoms with van der Waals surface area (Å²) in [6.45, 7) is 13.3. The van der Waals surface area contributed by atoms with Crippen LogP contribution in [-0.2, 0) is 23.5 Å². The van der Waals surface area contributed by atoms with Crippen molar-refractivity contribution < 1.29 is 28.7 Å². The van der Waals surface area contributed by atoms with Gasteiger partial charge in [-0.05, 0) is 71.5 Å². The third kappa shape index (κ3) is 7.67. The van der Waals surface area contributed by atoms with Crippen molar-refractivity contribution in [3.8, 4) is 0 Å². The van der Waals surface area contributed by atoms with Crippen LogP contribution < -0.4 is 15.9 Å². The van der Waals surface area contributed by atoms with E-state index in [1.165, 1.54) is 6.08 Å². The zero-order valence-electron chi connectivity index (χ0n) is 33.4. The van der Waals surface area contributed by atoms with E-state index in [0.717, 1.165) is 15.9 Å². The lowest BCUT2D eigenvalue weighted by molar-refractivity contribution is -0.164. The van der Waals surface area contributed by atoms with Gasteiger partial charge in [0.2, 0.25) is 5.91 Å². The Morgan fingerprint density at radius 3 is 1.91 bits per heavy atom. The van der Waals surface area contributed by atoms with E-state index >= 15 is 9.59 Å². The predicted octanol–water partition coefficient (Wildman–Crippen LogP) is 7.19. The van der Waals surface area contributed by atoms with Crippen molar-refractivity contribution in [2.75, 3.05) is 6.61 Å². The summed E-state index contributed by atoms with van der Waals surface area (Å²) >= 11 is 0. The van der Waals surface area contributed by atoms with E-state index in [2.05, 4.69) is 45.4 Å². The summed E-state index contributed by atoms with van der Waals surface area (Å²) in [5, 5.41) is 14.1. The minimum absolute atomic E-state index is 0.0652. The average molecular weight is 791 g/mol. The molecule has 8 nitrogen and oxygen atoms in total. The molecule has 1 aromatic heterocycles. The molecule has 2 fully saturated rings. The summed E-state index contributed by atoms with van der Waals surface area (Å²) in [6.07, 6.45) is 4.83. The topological polar surface area (TPSA) is 106 Å². The van der Waals surface area contributed by atoms with Gasteiger partial charge in [0, 0.05) is 31.1 Å². The Bertz CT molecular complexity index is 1970. The van der Waals surface area contributed by atoms with Gasteiger partial charge in [0.05, 0.1) is 24.2 Å². The summed E-state index contributed by atoms with van der Waals surface area (Å²) in [7, 11) is -2.40. The number of carbonyl (C=O) groups excluding carboxylic acids is 3. The molecule has 1 aliphatic heterocycles. The fraction of sp³-hybridized carbons (Fsp3) is 0.370. The van der Waals surface area contributed by atoms with Gasteiger partial charge < -0.3 is 19.2 Å². The van der Waals surface area contributed by atoms with Crippen molar-refractivity contribution in [3.05, 3.63) is 134 Å². The number of ether oxygens (including phenoxy) is 1. The summed E-state index contributed by atoms with van der Waals surface area (Å²) in [5.74, 6) is -3.12. The molecule has 56 heavy (non-hydrogen) atoms. The van der Waals surface area contributed by atoms with Crippen LogP contribution in [0.2, 0.25) is 18.1 Å². The average Bonchev–Trinajstić information content (AvgIpc) is 3.19. The molecule has 4 aromatic rings. The zero-order valence-corrected chi connectivity index (χ0v) is 35.3. The van der Waals surface area contributed by atoms with Gasteiger partial charge in [0.25, 0.3) is 0 Å². The van der Waals surface area contributed by atoms with Gasteiger partial charge in [0.15, 0.2) is 8.32 Å². The number of esters is 1. The number of aliphatic hydroxyl groups excluding tert-OH is 1. The number of pyridine rings is 1. The van der Waals surface area contributed by atoms with Gasteiger partial charge in [-0.25, -0.2) is 4.79 Å². The van der Waals surface area contributed by atoms with Crippen LogP contribution in [0.1, 0.15) is 58.6 Å². The highest BCUT2D eigenvalue weighted by Gasteiger charge is 2.61. The molecule has 1 amide bonds. The summed E-state index contributed by atoms with van der Waals surface area (Å²) in [5.41, 5.74) is 0.840. The van der Waals surface area contributed by atoms with Gasteiger partial charge >= 0.3 is 5.97 Å². The molecule has 2 heterocycles. The number of benzene rings is 3. The van der Waals surface area contributed by atoms with Crippen molar-refractivity contribution in [3.63, 3.8) is 0 Å². The van der Waals surface area contributed by atoms with Gasteiger partial charge in [-0.15, -0.1) is 0 Å². The van der Waals surface area contributed by atoms with E-state index in [0.29, 0.717) is 24.8 Å². The number of nitrogens with zero attached hydrogens (tertiary/aromatic N) is 2. The van der Waals surface area contributed by atoms with Crippen molar-refractivity contribution in [2.24, 2.45) is 17.8 Å². The Kier molecular flexibility index (Phi) is 12.5. The van der Waals surface area contributed by atoms with Crippen LogP contribution in [0.5, 0.6) is 0 Å². The first-order chi connectivity index (χ1) is 26.8. The fourth-order valence-corrected chi connectivity index (χ4v) is 14.1. The molecule has 0 spiro atoms. The molecule has 2 aliphatic rings. The molecule has 1 aliphatic carbocycles. The molecule has 3 aromatic carbocycles. The first kappa shape index (κ1) is 41.2. The van der Waals surface area contributed by atoms with E-state index in [1.54, 1.807) is 29.4 Å². The van der Waals surface area contributed by atoms with Gasteiger partial charge in [0.1, 0.15) is 17.8 Å². The molecule has 1 saturated heterocycles. The maximum atomic E-state index is 15.4. The molecule has 2 unspecified atom stereocenters. The monoisotopic (exact) mass is 790 g/mol. The second-order valence-electron chi connectivity index (χ2n) is 16.5. The Labute approximate surface area is 333 Å². The Balaban J connectivity index is 1.65. The normalized spacial score (nSPS) is 21.4. The molecule has 10 heteroatoms. The minimum atomic E-state index is -3.22. The standard InChI is InChI=1S/C46H55N2O6PSi/c1-8-31-53-45(52)44(55(34-19-12-9-13-20-34,35-21-14-10-15-22-35)36-23-16-11-17-24-36)48-40(39(43(48)51)32(2)54-56(6,7)46(3,4)5)37-25-18-26-38(42(37)50)41(49)33-27-29-47-30-28-33/h8-17,19-24,27-30,32,37-41,49H,1,18,25-26,31H2,2-7H3/t32-,37-,38?,39-,40-,41?/m1/s1. The molecule has 1 N–H and O–H groups in total. The summed E-state index contributed by atoms with van der Waals surface area (Å²) in [4.78, 5) is 51.2. The van der Waals surface area contributed by atoms with Crippen LogP contribution in [-0.4, -0.2) is 65.1 Å². The number of Topliss-reactive ketones (excluding diaryl/α,β-unsaturated/α-hetero) is 1. The van der Waals surface area contributed by atoms with Crippen molar-refractivity contribution in [1.82, 2.24) is 9.88 Å². The molecular weight excluding hydrogens is 736 g/mol. The molecule has 6 rings (SSSR count). The van der Waals surface area contributed by atoms with Crippen molar-refractivity contribution in [1.29, 1.82) is 0 Å². The minimum Gasteiger partial charge on any atom is -0.457 e. The number of hydrogen-bond acceptors (Lipinski definition) is 7. The molecular formula is C46H55N2O6PSi. The van der Waals surface area contributed by atoms with Gasteiger partial charge in [-0.1, -0.05) is 131 Å². The van der Waals surface area contributed by atoms with Crippen LogP contribution in [0.25, 0.3) is 0 Å². The van der Waals surface area contributed by atoms with Crippen LogP contribution in [0.3, 0.4) is 0 Å². The van der Waals surface area contributed by atoms with Crippen LogP contribution in [0.4, 0.5) is 0 Å². The predicted molar refractivity (Wildman–Crippen MR) is 228 cm³/mol. The van der Waals surface area contributed by atoms with Gasteiger partial charge in [-0.2, -0.15) is 0 Å². The number of carbonyl (C=O) groups is 3. The van der Waals surface area contributed by atoms with Crippen molar-refractivity contribution >= 4 is 54.2 Å². The lowest BCUT2D eigenvalue weighted by Crippen LogP contribution is -2.72. The SMILES string of the molecule is C=CCOC(=O)C(N1C(=O)[C@H]([C@@H](C)O[Si](C)(C)C(C)(C)C)[C@H]1[C@H]1CCCC(C(O)c2ccncc2)C1=O)=P(c1ccccc1)(c1ccccc1)c1ccccc1. The number of aliphatic hydroxyl groups is 1. The third-order valence-corrected chi connectivity index (χ3v) is 20.9. The lowest BCUT2D eigenvalue weighted by atomic mass is 9.66. The highest BCUT2D eigenvalue weighted by molar-refractivity contribution is 7.96. The second-order valence-corrected chi connectivity index (χ2v) is 24.5. The van der Waals surface area contributed by atoms with E-state index in [1.807, 2.05) is 97.9 Å². The van der Waals surface area contributed by atoms with Crippen LogP contribution in [0, 0.1) is 17.8 Å². The molecule has 0 radical (unpaired) electrons.